The molecular formula is C20H22N2O3. The number of para-hydroxylation sites is 1. The van der Waals surface area contributed by atoms with Gasteiger partial charge in [0.2, 0.25) is 0 Å². The topological polar surface area (TPSA) is 63.5 Å². The summed E-state index contributed by atoms with van der Waals surface area (Å²) in [6, 6.07) is 16.3. The first-order chi connectivity index (χ1) is 12.3. The maximum atomic E-state index is 8.60. The molecule has 0 saturated heterocycles. The van der Waals surface area contributed by atoms with Crippen LogP contribution in [0.4, 0.5) is 0 Å². The van der Waals surface area contributed by atoms with Crippen molar-refractivity contribution in [2.75, 3.05) is 20.3 Å². The van der Waals surface area contributed by atoms with Crippen LogP contribution in [0.5, 0.6) is 17.2 Å². The quantitative estimate of drug-likeness (QED) is 0.745. The summed E-state index contributed by atoms with van der Waals surface area (Å²) in [6.07, 6.45) is 1.20. The Bertz CT molecular complexity index is 755. The maximum absolute atomic E-state index is 8.60. The molecule has 2 aromatic rings. The Hall–Kier alpha value is -2.71. The van der Waals surface area contributed by atoms with E-state index < -0.39 is 0 Å². The Kier molecular flexibility index (Phi) is 5.76. The molecule has 0 aliphatic carbocycles. The van der Waals surface area contributed by atoms with Crippen molar-refractivity contribution in [3.05, 3.63) is 53.6 Å². The summed E-state index contributed by atoms with van der Waals surface area (Å²) in [7, 11) is 1.63. The van der Waals surface area contributed by atoms with Crippen LogP contribution in [0.2, 0.25) is 0 Å². The fourth-order valence-corrected chi connectivity index (χ4v) is 2.85. The zero-order valence-corrected chi connectivity index (χ0v) is 14.3. The van der Waals surface area contributed by atoms with Gasteiger partial charge in [-0.05, 0) is 30.2 Å². The minimum absolute atomic E-state index is 0.193. The number of methoxy groups -OCH3 is 1. The van der Waals surface area contributed by atoms with Crippen molar-refractivity contribution in [1.82, 2.24) is 5.32 Å². The van der Waals surface area contributed by atoms with E-state index in [2.05, 4.69) is 17.5 Å². The first kappa shape index (κ1) is 17.1. The smallest absolute Gasteiger partial charge is 0.161 e. The van der Waals surface area contributed by atoms with Gasteiger partial charge in [0.05, 0.1) is 25.8 Å². The lowest BCUT2D eigenvalue weighted by Gasteiger charge is -2.14. The number of unbranched alkanes of at least 4 members (excludes halogenated alkanes) is 1. The van der Waals surface area contributed by atoms with E-state index in [0.29, 0.717) is 44.1 Å². The van der Waals surface area contributed by atoms with Crippen LogP contribution < -0.4 is 19.5 Å². The SMILES string of the molecule is COc1ccc(CN[C@H]2COc3ccccc32)cc1OCCCC#N. The van der Waals surface area contributed by atoms with Gasteiger partial charge in [0, 0.05) is 18.5 Å². The zero-order valence-electron chi connectivity index (χ0n) is 14.3. The fraction of sp³-hybridized carbons (Fsp3) is 0.350. The normalized spacial score (nSPS) is 15.1. The van der Waals surface area contributed by atoms with Gasteiger partial charge < -0.3 is 19.5 Å². The average molecular weight is 338 g/mol. The van der Waals surface area contributed by atoms with Crippen molar-refractivity contribution in [1.29, 1.82) is 5.26 Å². The fourth-order valence-electron chi connectivity index (χ4n) is 2.85. The predicted molar refractivity (Wildman–Crippen MR) is 94.9 cm³/mol. The summed E-state index contributed by atoms with van der Waals surface area (Å²) in [5.74, 6) is 2.37. The van der Waals surface area contributed by atoms with Crippen LogP contribution in [0.1, 0.15) is 30.0 Å². The highest BCUT2D eigenvalue weighted by Crippen LogP contribution is 2.32. The van der Waals surface area contributed by atoms with E-state index in [-0.39, 0.29) is 6.04 Å². The molecule has 0 unspecified atom stereocenters. The number of hydrogen-bond donors (Lipinski definition) is 1. The standard InChI is InChI=1S/C20H22N2O3/c1-23-19-9-8-15(12-20(19)24-11-5-4-10-21)13-22-17-14-25-18-7-3-2-6-16(17)18/h2-3,6-9,12,17,22H,4-5,11,13-14H2,1H3/t17-/m0/s1. The van der Waals surface area contributed by atoms with Crippen LogP contribution in [0.25, 0.3) is 0 Å². The molecule has 0 spiro atoms. The van der Waals surface area contributed by atoms with Gasteiger partial charge in [-0.15, -0.1) is 0 Å². The molecule has 0 radical (unpaired) electrons. The van der Waals surface area contributed by atoms with Gasteiger partial charge in [0.1, 0.15) is 12.4 Å². The molecule has 1 N–H and O–H groups in total. The van der Waals surface area contributed by atoms with E-state index in [1.807, 2.05) is 36.4 Å². The molecule has 1 atom stereocenters. The van der Waals surface area contributed by atoms with E-state index in [4.69, 9.17) is 19.5 Å². The van der Waals surface area contributed by atoms with Crippen LogP contribution >= 0.6 is 0 Å². The van der Waals surface area contributed by atoms with Gasteiger partial charge in [-0.2, -0.15) is 5.26 Å². The third kappa shape index (κ3) is 4.23. The predicted octanol–water partition coefficient (Wildman–Crippen LogP) is 3.60. The van der Waals surface area contributed by atoms with E-state index >= 15 is 0 Å². The van der Waals surface area contributed by atoms with E-state index in [1.54, 1.807) is 7.11 Å². The van der Waals surface area contributed by atoms with Gasteiger partial charge in [-0.1, -0.05) is 24.3 Å². The molecule has 3 rings (SSSR count). The molecular weight excluding hydrogens is 316 g/mol. The summed E-state index contributed by atoms with van der Waals surface area (Å²) in [5.41, 5.74) is 2.31. The third-order valence-corrected chi connectivity index (χ3v) is 4.17. The summed E-state index contributed by atoms with van der Waals surface area (Å²) in [6.45, 7) is 1.86. The molecule has 0 fully saturated rings. The number of hydrogen-bond acceptors (Lipinski definition) is 5. The molecule has 0 aromatic heterocycles. The lowest BCUT2D eigenvalue weighted by Crippen LogP contribution is -2.22. The largest absolute Gasteiger partial charge is 0.493 e. The lowest BCUT2D eigenvalue weighted by atomic mass is 10.1. The van der Waals surface area contributed by atoms with E-state index in [0.717, 1.165) is 11.3 Å². The van der Waals surface area contributed by atoms with Crippen molar-refractivity contribution in [2.45, 2.75) is 25.4 Å². The molecule has 1 aliphatic rings. The highest BCUT2D eigenvalue weighted by atomic mass is 16.5. The number of fused-ring (bicyclic) bond motifs is 1. The lowest BCUT2D eigenvalue weighted by molar-refractivity contribution is 0.290. The van der Waals surface area contributed by atoms with Crippen molar-refractivity contribution >= 4 is 0 Å². The van der Waals surface area contributed by atoms with Crippen LogP contribution in [0.15, 0.2) is 42.5 Å². The number of ether oxygens (including phenoxy) is 3. The van der Waals surface area contributed by atoms with E-state index in [9.17, 15) is 0 Å². The highest BCUT2D eigenvalue weighted by molar-refractivity contribution is 5.43. The Morgan fingerprint density at radius 2 is 2.12 bits per heavy atom. The van der Waals surface area contributed by atoms with Crippen LogP contribution in [0, 0.1) is 11.3 Å². The van der Waals surface area contributed by atoms with Crippen molar-refractivity contribution in [2.24, 2.45) is 0 Å². The third-order valence-electron chi connectivity index (χ3n) is 4.17. The van der Waals surface area contributed by atoms with Gasteiger partial charge in [-0.25, -0.2) is 0 Å². The summed E-state index contributed by atoms with van der Waals surface area (Å²) >= 11 is 0. The number of rotatable bonds is 8. The van der Waals surface area contributed by atoms with Gasteiger partial charge in [0.15, 0.2) is 11.5 Å². The number of nitriles is 1. The minimum Gasteiger partial charge on any atom is -0.493 e. The monoisotopic (exact) mass is 338 g/mol. The Balaban J connectivity index is 1.62. The van der Waals surface area contributed by atoms with Crippen LogP contribution in [-0.2, 0) is 6.54 Å². The first-order valence-electron chi connectivity index (χ1n) is 8.43. The number of nitrogens with one attached hydrogen (secondary N) is 1. The Morgan fingerprint density at radius 3 is 2.96 bits per heavy atom. The molecule has 0 bridgehead atoms. The Labute approximate surface area is 148 Å². The molecule has 2 aromatic carbocycles. The second-order valence-electron chi connectivity index (χ2n) is 5.88. The van der Waals surface area contributed by atoms with Gasteiger partial charge >= 0.3 is 0 Å². The highest BCUT2D eigenvalue weighted by Gasteiger charge is 2.22. The molecule has 1 aliphatic heterocycles. The molecule has 5 heteroatoms. The van der Waals surface area contributed by atoms with Crippen molar-refractivity contribution < 1.29 is 14.2 Å². The minimum atomic E-state index is 0.193. The molecule has 25 heavy (non-hydrogen) atoms. The summed E-state index contributed by atoms with van der Waals surface area (Å²) in [4.78, 5) is 0. The Morgan fingerprint density at radius 1 is 1.24 bits per heavy atom. The van der Waals surface area contributed by atoms with Crippen LogP contribution in [-0.4, -0.2) is 20.3 Å². The molecule has 0 saturated carbocycles. The first-order valence-corrected chi connectivity index (χ1v) is 8.43. The molecule has 0 amide bonds. The van der Waals surface area contributed by atoms with Crippen LogP contribution in [0.3, 0.4) is 0 Å². The van der Waals surface area contributed by atoms with Crippen molar-refractivity contribution in [3.63, 3.8) is 0 Å². The van der Waals surface area contributed by atoms with Gasteiger partial charge in [0.25, 0.3) is 0 Å². The zero-order chi connectivity index (χ0) is 17.5. The van der Waals surface area contributed by atoms with Crippen molar-refractivity contribution in [3.8, 4) is 23.3 Å². The summed E-state index contributed by atoms with van der Waals surface area (Å²) < 4.78 is 16.8. The number of nitrogens with zero attached hydrogens (tertiary/aromatic N) is 1. The molecule has 5 nitrogen and oxygen atoms in total. The van der Waals surface area contributed by atoms with E-state index in [1.165, 1.54) is 5.56 Å². The van der Waals surface area contributed by atoms with Gasteiger partial charge in [-0.3, -0.25) is 0 Å². The second kappa shape index (κ2) is 8.41. The molecule has 130 valence electrons. The number of benzene rings is 2. The summed E-state index contributed by atoms with van der Waals surface area (Å²) in [5, 5.41) is 12.1. The maximum Gasteiger partial charge on any atom is 0.161 e. The molecule has 1 heterocycles. The second-order valence-corrected chi connectivity index (χ2v) is 5.88. The average Bonchev–Trinajstić information content (AvgIpc) is 3.07.